The summed E-state index contributed by atoms with van der Waals surface area (Å²) in [4.78, 5) is 16.0. The molecule has 0 aliphatic heterocycles. The van der Waals surface area contributed by atoms with E-state index in [4.69, 9.17) is 4.74 Å². The van der Waals surface area contributed by atoms with E-state index in [1.165, 1.54) is 24.2 Å². The molecule has 0 aliphatic rings. The molecular formula is C13H16N4O3. The van der Waals surface area contributed by atoms with Gasteiger partial charge in [0, 0.05) is 24.9 Å². The zero-order valence-electron chi connectivity index (χ0n) is 11.5. The number of carbonyl (C=O) groups is 1. The number of aromatic hydroxyl groups is 1. The third-order valence-corrected chi connectivity index (χ3v) is 2.80. The van der Waals surface area contributed by atoms with Gasteiger partial charge in [-0.3, -0.25) is 9.48 Å². The number of nitrogens with zero attached hydrogens (tertiary/aromatic N) is 3. The van der Waals surface area contributed by atoms with Crippen LogP contribution in [0.2, 0.25) is 0 Å². The largest absolute Gasteiger partial charge is 0.504 e. The number of aromatic nitrogens is 3. The Morgan fingerprint density at radius 1 is 1.55 bits per heavy atom. The number of aryl methyl sites for hydroxylation is 1. The summed E-state index contributed by atoms with van der Waals surface area (Å²) < 4.78 is 6.46. The second-order valence-corrected chi connectivity index (χ2v) is 4.36. The Morgan fingerprint density at radius 2 is 2.30 bits per heavy atom. The number of pyridine rings is 1. The molecule has 0 spiro atoms. The standard InChI is InChI=1S/C13H16N4O3/c1-8(12-10(18)7-17(2)16-12)15-13(19)9-4-5-14-11(6-9)20-3/h4-8,18H,1-3H3,(H,15,19). The highest BCUT2D eigenvalue weighted by Crippen LogP contribution is 2.21. The van der Waals surface area contributed by atoms with Crippen LogP contribution in [0.4, 0.5) is 0 Å². The van der Waals surface area contributed by atoms with Crippen LogP contribution in [0.25, 0.3) is 0 Å². The maximum Gasteiger partial charge on any atom is 0.252 e. The van der Waals surface area contributed by atoms with Gasteiger partial charge in [-0.05, 0) is 13.0 Å². The fourth-order valence-corrected chi connectivity index (χ4v) is 1.81. The van der Waals surface area contributed by atoms with Crippen molar-refractivity contribution in [3.63, 3.8) is 0 Å². The minimum atomic E-state index is -0.414. The van der Waals surface area contributed by atoms with Gasteiger partial charge in [-0.1, -0.05) is 0 Å². The van der Waals surface area contributed by atoms with E-state index in [1.54, 1.807) is 26.1 Å². The van der Waals surface area contributed by atoms with Gasteiger partial charge in [-0.2, -0.15) is 5.10 Å². The van der Waals surface area contributed by atoms with Crippen molar-refractivity contribution in [2.24, 2.45) is 7.05 Å². The van der Waals surface area contributed by atoms with Crippen LogP contribution in [0.1, 0.15) is 29.0 Å². The molecule has 2 rings (SSSR count). The zero-order valence-corrected chi connectivity index (χ0v) is 11.5. The average molecular weight is 276 g/mol. The molecule has 0 fully saturated rings. The minimum Gasteiger partial charge on any atom is -0.504 e. The number of rotatable bonds is 4. The van der Waals surface area contributed by atoms with E-state index in [9.17, 15) is 9.90 Å². The summed E-state index contributed by atoms with van der Waals surface area (Å²) in [6.07, 6.45) is 2.98. The lowest BCUT2D eigenvalue weighted by Crippen LogP contribution is -2.27. The molecule has 106 valence electrons. The molecule has 7 heteroatoms. The van der Waals surface area contributed by atoms with Crippen molar-refractivity contribution < 1.29 is 14.6 Å². The minimum absolute atomic E-state index is 0.0487. The number of ether oxygens (including phenoxy) is 1. The van der Waals surface area contributed by atoms with E-state index in [2.05, 4.69) is 15.4 Å². The second kappa shape index (κ2) is 5.60. The van der Waals surface area contributed by atoms with Crippen molar-refractivity contribution in [1.29, 1.82) is 0 Å². The van der Waals surface area contributed by atoms with Crippen LogP contribution in [0.15, 0.2) is 24.5 Å². The summed E-state index contributed by atoms with van der Waals surface area (Å²) in [5.41, 5.74) is 0.848. The van der Waals surface area contributed by atoms with Crippen LogP contribution in [0.3, 0.4) is 0 Å². The normalized spacial score (nSPS) is 11.9. The third-order valence-electron chi connectivity index (χ3n) is 2.80. The Bertz CT molecular complexity index is 624. The molecule has 0 saturated heterocycles. The fourth-order valence-electron chi connectivity index (χ4n) is 1.81. The molecule has 2 aromatic rings. The van der Waals surface area contributed by atoms with Crippen LogP contribution in [0.5, 0.6) is 11.6 Å². The van der Waals surface area contributed by atoms with Crippen LogP contribution in [0, 0.1) is 0 Å². The van der Waals surface area contributed by atoms with Crippen molar-refractivity contribution in [2.75, 3.05) is 7.11 Å². The van der Waals surface area contributed by atoms with Gasteiger partial charge in [0.05, 0.1) is 19.3 Å². The predicted octanol–water partition coefficient (Wildman–Crippen LogP) is 1.02. The lowest BCUT2D eigenvalue weighted by Gasteiger charge is -2.12. The maximum atomic E-state index is 12.1. The number of hydrogen-bond acceptors (Lipinski definition) is 5. The monoisotopic (exact) mass is 276 g/mol. The average Bonchev–Trinajstić information content (AvgIpc) is 2.77. The van der Waals surface area contributed by atoms with E-state index in [1.807, 2.05) is 0 Å². The highest BCUT2D eigenvalue weighted by molar-refractivity contribution is 5.94. The van der Waals surface area contributed by atoms with Crippen molar-refractivity contribution in [1.82, 2.24) is 20.1 Å². The first-order chi connectivity index (χ1) is 9.51. The number of carbonyl (C=O) groups excluding carboxylic acids is 1. The number of hydrogen-bond donors (Lipinski definition) is 2. The third kappa shape index (κ3) is 2.87. The van der Waals surface area contributed by atoms with Crippen LogP contribution < -0.4 is 10.1 Å². The van der Waals surface area contributed by atoms with Crippen LogP contribution in [-0.2, 0) is 7.05 Å². The lowest BCUT2D eigenvalue weighted by molar-refractivity contribution is 0.0938. The molecule has 2 N–H and O–H groups in total. The molecule has 20 heavy (non-hydrogen) atoms. The van der Waals surface area contributed by atoms with Gasteiger partial charge in [0.1, 0.15) is 5.69 Å². The number of amides is 1. The quantitative estimate of drug-likeness (QED) is 0.870. The summed E-state index contributed by atoms with van der Waals surface area (Å²) >= 11 is 0. The van der Waals surface area contributed by atoms with Gasteiger partial charge in [-0.15, -0.1) is 0 Å². The summed E-state index contributed by atoms with van der Waals surface area (Å²) in [7, 11) is 3.18. The van der Waals surface area contributed by atoms with Gasteiger partial charge in [0.25, 0.3) is 5.91 Å². The molecular weight excluding hydrogens is 260 g/mol. The molecule has 0 aliphatic carbocycles. The molecule has 0 aromatic carbocycles. The summed E-state index contributed by atoms with van der Waals surface area (Å²) in [5, 5.41) is 16.6. The van der Waals surface area contributed by atoms with Crippen molar-refractivity contribution in [2.45, 2.75) is 13.0 Å². The maximum absolute atomic E-state index is 12.1. The van der Waals surface area contributed by atoms with Crippen LogP contribution in [-0.4, -0.2) is 32.9 Å². The summed E-state index contributed by atoms with van der Waals surface area (Å²) in [6.45, 7) is 1.75. The molecule has 0 radical (unpaired) electrons. The highest BCUT2D eigenvalue weighted by Gasteiger charge is 2.18. The predicted molar refractivity (Wildman–Crippen MR) is 71.5 cm³/mol. The topological polar surface area (TPSA) is 89.3 Å². The molecule has 0 saturated carbocycles. The van der Waals surface area contributed by atoms with E-state index in [0.29, 0.717) is 17.1 Å². The Labute approximate surface area is 116 Å². The van der Waals surface area contributed by atoms with Crippen molar-refractivity contribution >= 4 is 5.91 Å². The van der Waals surface area contributed by atoms with E-state index in [0.717, 1.165) is 0 Å². The molecule has 1 atom stereocenters. The van der Waals surface area contributed by atoms with Crippen LogP contribution >= 0.6 is 0 Å². The number of methoxy groups -OCH3 is 1. The molecule has 1 amide bonds. The Balaban J connectivity index is 2.12. The molecule has 0 bridgehead atoms. The van der Waals surface area contributed by atoms with Crippen molar-refractivity contribution in [3.8, 4) is 11.6 Å². The fraction of sp³-hybridized carbons (Fsp3) is 0.308. The van der Waals surface area contributed by atoms with E-state index < -0.39 is 6.04 Å². The van der Waals surface area contributed by atoms with E-state index in [-0.39, 0.29) is 11.7 Å². The smallest absolute Gasteiger partial charge is 0.252 e. The molecule has 7 nitrogen and oxygen atoms in total. The van der Waals surface area contributed by atoms with Gasteiger partial charge in [0.15, 0.2) is 5.75 Å². The Kier molecular flexibility index (Phi) is 3.88. The van der Waals surface area contributed by atoms with Gasteiger partial charge < -0.3 is 15.2 Å². The summed E-state index contributed by atoms with van der Waals surface area (Å²) in [6, 6.07) is 2.71. The summed E-state index contributed by atoms with van der Waals surface area (Å²) in [5.74, 6) is 0.127. The Morgan fingerprint density at radius 3 is 2.90 bits per heavy atom. The van der Waals surface area contributed by atoms with Gasteiger partial charge >= 0.3 is 0 Å². The second-order valence-electron chi connectivity index (χ2n) is 4.36. The van der Waals surface area contributed by atoms with E-state index >= 15 is 0 Å². The number of nitrogens with one attached hydrogen (secondary N) is 1. The zero-order chi connectivity index (χ0) is 14.7. The molecule has 1 unspecified atom stereocenters. The highest BCUT2D eigenvalue weighted by atomic mass is 16.5. The van der Waals surface area contributed by atoms with Crippen molar-refractivity contribution in [3.05, 3.63) is 35.8 Å². The van der Waals surface area contributed by atoms with Gasteiger partial charge in [-0.25, -0.2) is 4.98 Å². The molecule has 2 aromatic heterocycles. The first kappa shape index (κ1) is 13.9. The first-order valence-electron chi connectivity index (χ1n) is 6.04. The lowest BCUT2D eigenvalue weighted by atomic mass is 10.2. The SMILES string of the molecule is COc1cc(C(=O)NC(C)c2nn(C)cc2O)ccn1. The first-order valence-corrected chi connectivity index (χ1v) is 6.04. The Hall–Kier alpha value is -2.57. The molecule has 2 heterocycles. The van der Waals surface area contributed by atoms with Gasteiger partial charge in [0.2, 0.25) is 5.88 Å².